The van der Waals surface area contributed by atoms with Crippen LogP contribution in [0.3, 0.4) is 0 Å². The highest BCUT2D eigenvalue weighted by atomic mass is 35.5. The molecule has 130 valence electrons. The topological polar surface area (TPSA) is 64.6 Å². The number of esters is 1. The van der Waals surface area contributed by atoms with Crippen LogP contribution in [0.5, 0.6) is 5.75 Å². The molecule has 0 aliphatic heterocycles. The van der Waals surface area contributed by atoms with E-state index in [2.05, 4.69) is 5.32 Å². The Morgan fingerprint density at radius 2 is 1.96 bits per heavy atom. The Balaban J connectivity index is 1.76. The van der Waals surface area contributed by atoms with Gasteiger partial charge in [0.25, 0.3) is 5.91 Å². The number of carbonyl (C=O) groups excluding carboxylic acids is 2. The first-order valence-corrected chi connectivity index (χ1v) is 7.95. The summed E-state index contributed by atoms with van der Waals surface area (Å²) in [7, 11) is 1.56. The first-order chi connectivity index (χ1) is 12.1. The minimum Gasteiger partial charge on any atom is -0.496 e. The molecule has 2 aromatic carbocycles. The Labute approximate surface area is 151 Å². The maximum atomic E-state index is 11.8. The number of para-hydroxylation sites is 1. The minimum atomic E-state index is -0.604. The van der Waals surface area contributed by atoms with Gasteiger partial charge < -0.3 is 14.8 Å². The molecule has 0 atom stereocenters. The second-order valence-electron chi connectivity index (χ2n) is 5.08. The summed E-state index contributed by atoms with van der Waals surface area (Å²) >= 11 is 5.86. The summed E-state index contributed by atoms with van der Waals surface area (Å²) in [5.74, 6) is -0.313. The molecule has 2 rings (SSSR count). The van der Waals surface area contributed by atoms with Crippen molar-refractivity contribution in [3.8, 4) is 5.75 Å². The molecule has 0 aliphatic rings. The lowest BCUT2D eigenvalue weighted by Gasteiger charge is -2.09. The highest BCUT2D eigenvalue weighted by Crippen LogP contribution is 2.16. The molecule has 1 amide bonds. The maximum Gasteiger partial charge on any atom is 0.331 e. The van der Waals surface area contributed by atoms with Crippen molar-refractivity contribution in [2.24, 2.45) is 0 Å². The molecular formula is C19H18ClNO4. The number of rotatable bonds is 7. The van der Waals surface area contributed by atoms with Crippen molar-refractivity contribution < 1.29 is 19.1 Å². The summed E-state index contributed by atoms with van der Waals surface area (Å²) in [5.41, 5.74) is 1.61. The molecule has 6 heteroatoms. The monoisotopic (exact) mass is 359 g/mol. The number of methoxy groups -OCH3 is 1. The van der Waals surface area contributed by atoms with E-state index in [1.54, 1.807) is 37.5 Å². The maximum absolute atomic E-state index is 11.8. The summed E-state index contributed by atoms with van der Waals surface area (Å²) < 4.78 is 10.1. The van der Waals surface area contributed by atoms with E-state index in [0.29, 0.717) is 17.3 Å². The number of hydrogen-bond donors (Lipinski definition) is 1. The number of benzene rings is 2. The number of ether oxygens (including phenoxy) is 2. The zero-order valence-electron chi connectivity index (χ0n) is 13.7. The molecule has 25 heavy (non-hydrogen) atoms. The fourth-order valence-corrected chi connectivity index (χ4v) is 2.25. The molecule has 1 N–H and O–H groups in total. The lowest BCUT2D eigenvalue weighted by Crippen LogP contribution is -2.28. The average molecular weight is 360 g/mol. The smallest absolute Gasteiger partial charge is 0.331 e. The molecule has 0 unspecified atom stereocenters. The number of amides is 1. The van der Waals surface area contributed by atoms with Crippen LogP contribution in [0.4, 0.5) is 0 Å². The Kier molecular flexibility index (Phi) is 7.04. The summed E-state index contributed by atoms with van der Waals surface area (Å²) in [6.07, 6.45) is 2.82. The van der Waals surface area contributed by atoms with Crippen LogP contribution in [0.1, 0.15) is 11.1 Å². The van der Waals surface area contributed by atoms with Crippen molar-refractivity contribution in [2.75, 3.05) is 13.7 Å². The predicted molar refractivity (Wildman–Crippen MR) is 96.3 cm³/mol. The third kappa shape index (κ3) is 6.31. The van der Waals surface area contributed by atoms with E-state index in [-0.39, 0.29) is 6.61 Å². The normalized spacial score (nSPS) is 10.5. The number of halogens is 1. The van der Waals surface area contributed by atoms with Crippen LogP contribution in [0.15, 0.2) is 54.6 Å². The van der Waals surface area contributed by atoms with Gasteiger partial charge in [0.15, 0.2) is 6.61 Å². The molecule has 0 heterocycles. The highest BCUT2D eigenvalue weighted by Gasteiger charge is 2.07. The van der Waals surface area contributed by atoms with Gasteiger partial charge in [0.05, 0.1) is 7.11 Å². The van der Waals surface area contributed by atoms with Crippen molar-refractivity contribution in [1.29, 1.82) is 0 Å². The molecule has 2 aromatic rings. The van der Waals surface area contributed by atoms with Crippen molar-refractivity contribution in [1.82, 2.24) is 5.32 Å². The van der Waals surface area contributed by atoms with E-state index in [0.717, 1.165) is 11.1 Å². The molecule has 0 bridgehead atoms. The van der Waals surface area contributed by atoms with Crippen molar-refractivity contribution >= 4 is 29.6 Å². The lowest BCUT2D eigenvalue weighted by molar-refractivity contribution is -0.143. The molecule has 0 aliphatic carbocycles. The van der Waals surface area contributed by atoms with E-state index in [9.17, 15) is 9.59 Å². The first kappa shape index (κ1) is 18.5. The number of nitrogens with one attached hydrogen (secondary N) is 1. The van der Waals surface area contributed by atoms with Gasteiger partial charge in [-0.25, -0.2) is 4.79 Å². The Hall–Kier alpha value is -2.79. The number of hydrogen-bond acceptors (Lipinski definition) is 4. The van der Waals surface area contributed by atoms with E-state index >= 15 is 0 Å². The Morgan fingerprint density at radius 1 is 1.16 bits per heavy atom. The quantitative estimate of drug-likeness (QED) is 0.609. The zero-order valence-corrected chi connectivity index (χ0v) is 14.5. The van der Waals surface area contributed by atoms with E-state index < -0.39 is 11.9 Å². The zero-order chi connectivity index (χ0) is 18.1. The van der Waals surface area contributed by atoms with Gasteiger partial charge in [-0.05, 0) is 29.8 Å². The van der Waals surface area contributed by atoms with Gasteiger partial charge in [-0.2, -0.15) is 0 Å². The number of carbonyl (C=O) groups is 2. The molecule has 0 saturated carbocycles. The predicted octanol–water partition coefficient (Wildman–Crippen LogP) is 3.22. The molecule has 0 fully saturated rings. The van der Waals surface area contributed by atoms with Crippen molar-refractivity contribution in [3.63, 3.8) is 0 Å². The molecule has 0 spiro atoms. The third-order valence-corrected chi connectivity index (χ3v) is 3.51. The van der Waals surface area contributed by atoms with Crippen LogP contribution in [-0.4, -0.2) is 25.6 Å². The Bertz CT molecular complexity index is 774. The molecule has 5 nitrogen and oxygen atoms in total. The van der Waals surface area contributed by atoms with Crippen molar-refractivity contribution in [2.45, 2.75) is 6.54 Å². The highest BCUT2D eigenvalue weighted by molar-refractivity contribution is 6.30. The van der Waals surface area contributed by atoms with Gasteiger partial charge in [0.1, 0.15) is 5.75 Å². The van der Waals surface area contributed by atoms with Gasteiger partial charge >= 0.3 is 5.97 Å². The van der Waals surface area contributed by atoms with Crippen LogP contribution in [0.25, 0.3) is 6.08 Å². The standard InChI is InChI=1S/C19H18ClNO4/c1-24-17-8-3-2-6-15(17)12-21-18(22)13-25-19(23)10-9-14-5-4-7-16(20)11-14/h2-11H,12-13H2,1H3,(H,21,22)/b10-9+. The summed E-state index contributed by atoms with van der Waals surface area (Å²) in [5, 5.41) is 3.25. The van der Waals surface area contributed by atoms with Gasteiger partial charge in [-0.15, -0.1) is 0 Å². The summed E-state index contributed by atoms with van der Waals surface area (Å²) in [4.78, 5) is 23.4. The largest absolute Gasteiger partial charge is 0.496 e. The van der Waals surface area contributed by atoms with Crippen LogP contribution in [0, 0.1) is 0 Å². The van der Waals surface area contributed by atoms with Crippen LogP contribution in [0.2, 0.25) is 5.02 Å². The van der Waals surface area contributed by atoms with E-state index in [4.69, 9.17) is 21.1 Å². The average Bonchev–Trinajstić information content (AvgIpc) is 2.63. The lowest BCUT2D eigenvalue weighted by atomic mass is 10.2. The molecular weight excluding hydrogens is 342 g/mol. The fraction of sp³-hybridized carbons (Fsp3) is 0.158. The van der Waals surface area contributed by atoms with Gasteiger partial charge in [0.2, 0.25) is 0 Å². The van der Waals surface area contributed by atoms with Crippen LogP contribution >= 0.6 is 11.6 Å². The summed E-state index contributed by atoms with van der Waals surface area (Å²) in [6, 6.07) is 14.4. The van der Waals surface area contributed by atoms with Gasteiger partial charge in [-0.3, -0.25) is 4.79 Å². The Morgan fingerprint density at radius 3 is 2.72 bits per heavy atom. The van der Waals surface area contributed by atoms with Crippen LogP contribution < -0.4 is 10.1 Å². The van der Waals surface area contributed by atoms with Crippen LogP contribution in [-0.2, 0) is 20.9 Å². The third-order valence-electron chi connectivity index (χ3n) is 3.27. The minimum absolute atomic E-state index is 0.290. The second-order valence-corrected chi connectivity index (χ2v) is 5.52. The van der Waals surface area contributed by atoms with Gasteiger partial charge in [-0.1, -0.05) is 41.9 Å². The molecule has 0 aromatic heterocycles. The molecule has 0 saturated heterocycles. The summed E-state index contributed by atoms with van der Waals surface area (Å²) in [6.45, 7) is -0.0629. The van der Waals surface area contributed by atoms with Crippen molar-refractivity contribution in [3.05, 3.63) is 70.8 Å². The first-order valence-electron chi connectivity index (χ1n) is 7.57. The van der Waals surface area contributed by atoms with E-state index in [1.807, 2.05) is 24.3 Å². The van der Waals surface area contributed by atoms with Gasteiger partial charge in [0, 0.05) is 23.2 Å². The van der Waals surface area contributed by atoms with E-state index in [1.165, 1.54) is 6.08 Å². The second kappa shape index (κ2) is 9.49. The SMILES string of the molecule is COc1ccccc1CNC(=O)COC(=O)/C=C/c1cccc(Cl)c1. The fourth-order valence-electron chi connectivity index (χ4n) is 2.05. The molecule has 0 radical (unpaired) electrons.